The largest absolute Gasteiger partial charge is 0.338 e. The number of benzene rings is 1. The Labute approximate surface area is 155 Å². The van der Waals surface area contributed by atoms with E-state index in [2.05, 4.69) is 58.3 Å². The molecule has 4 heterocycles. The Kier molecular flexibility index (Phi) is 4.14. The molecule has 0 N–H and O–H groups in total. The molecule has 0 amide bonds. The van der Waals surface area contributed by atoms with Crippen molar-refractivity contribution in [3.63, 3.8) is 0 Å². The van der Waals surface area contributed by atoms with Crippen LogP contribution in [-0.4, -0.2) is 59.0 Å². The Morgan fingerprint density at radius 1 is 1.04 bits per heavy atom. The zero-order chi connectivity index (χ0) is 17.5. The summed E-state index contributed by atoms with van der Waals surface area (Å²) in [4.78, 5) is 17.1. The first-order chi connectivity index (χ1) is 12.8. The monoisotopic (exact) mass is 349 g/mol. The summed E-state index contributed by atoms with van der Waals surface area (Å²) in [5.41, 5.74) is 4.06. The van der Waals surface area contributed by atoms with Crippen LogP contribution < -0.4 is 4.90 Å². The smallest absolute Gasteiger partial charge is 0.225 e. The molecule has 136 valence electrons. The zero-order valence-corrected chi connectivity index (χ0v) is 15.5. The normalized spacial score (nSPS) is 26.1. The van der Waals surface area contributed by atoms with Crippen molar-refractivity contribution in [1.29, 1.82) is 0 Å². The summed E-state index contributed by atoms with van der Waals surface area (Å²) in [6.45, 7) is 5.21. The van der Waals surface area contributed by atoms with Crippen LogP contribution in [0.2, 0.25) is 0 Å². The van der Waals surface area contributed by atoms with E-state index < -0.39 is 0 Å². The van der Waals surface area contributed by atoms with Crippen molar-refractivity contribution in [3.8, 4) is 0 Å². The third-order valence-corrected chi connectivity index (χ3v) is 6.42. The zero-order valence-electron chi connectivity index (χ0n) is 15.5. The summed E-state index contributed by atoms with van der Waals surface area (Å²) in [6.07, 6.45) is 5.75. The predicted octanol–water partition coefficient (Wildman–Crippen LogP) is 2.49. The first-order valence-corrected chi connectivity index (χ1v) is 9.87. The molecule has 1 aromatic heterocycles. The number of hydrogen-bond acceptors (Lipinski definition) is 5. The van der Waals surface area contributed by atoms with Crippen LogP contribution in [0.4, 0.5) is 5.95 Å². The van der Waals surface area contributed by atoms with E-state index in [-0.39, 0.29) is 0 Å². The Morgan fingerprint density at radius 3 is 2.65 bits per heavy atom. The second-order valence-electron chi connectivity index (χ2n) is 7.94. The highest BCUT2D eigenvalue weighted by molar-refractivity contribution is 5.37. The molecule has 2 bridgehead atoms. The topological polar surface area (TPSA) is 35.5 Å². The quantitative estimate of drug-likeness (QED) is 0.851. The van der Waals surface area contributed by atoms with Crippen molar-refractivity contribution in [2.24, 2.45) is 0 Å². The number of piperazine rings is 1. The number of nitrogens with zero attached hydrogens (tertiary/aromatic N) is 5. The van der Waals surface area contributed by atoms with Crippen LogP contribution in [0.3, 0.4) is 0 Å². The van der Waals surface area contributed by atoms with E-state index in [1.54, 1.807) is 0 Å². The predicted molar refractivity (Wildman–Crippen MR) is 103 cm³/mol. The van der Waals surface area contributed by atoms with Crippen LogP contribution in [0, 0.1) is 0 Å². The molecule has 5 rings (SSSR count). The van der Waals surface area contributed by atoms with Gasteiger partial charge in [-0.05, 0) is 25.5 Å². The summed E-state index contributed by atoms with van der Waals surface area (Å²) in [6, 6.07) is 12.0. The second kappa shape index (κ2) is 6.63. The maximum absolute atomic E-state index is 4.99. The maximum atomic E-state index is 4.99. The van der Waals surface area contributed by atoms with E-state index in [0.717, 1.165) is 45.1 Å². The molecule has 2 fully saturated rings. The summed E-state index contributed by atoms with van der Waals surface area (Å²) in [7, 11) is 2.26. The van der Waals surface area contributed by atoms with Gasteiger partial charge in [0.25, 0.3) is 0 Å². The van der Waals surface area contributed by atoms with Crippen LogP contribution in [-0.2, 0) is 13.0 Å². The standard InChI is InChI=1S/C21H27N5/c1-24-17-7-8-20(24)18-14-22-21(23-19(18)13-17)26-11-9-25(10-12-26)15-16-5-3-2-4-6-16/h2-6,14,17,20H,7-13,15H2,1H3/t17-,20-/m1/s1. The fourth-order valence-electron chi connectivity index (χ4n) is 4.81. The average Bonchev–Trinajstić information content (AvgIpc) is 2.92. The molecule has 5 nitrogen and oxygen atoms in total. The first kappa shape index (κ1) is 16.2. The number of hydrogen-bond donors (Lipinski definition) is 0. The van der Waals surface area contributed by atoms with Gasteiger partial charge in [0.2, 0.25) is 5.95 Å². The molecule has 1 aromatic carbocycles. The first-order valence-electron chi connectivity index (χ1n) is 9.87. The molecule has 0 unspecified atom stereocenters. The van der Waals surface area contributed by atoms with Gasteiger partial charge in [-0.1, -0.05) is 30.3 Å². The highest BCUT2D eigenvalue weighted by atomic mass is 15.3. The van der Waals surface area contributed by atoms with Crippen LogP contribution >= 0.6 is 0 Å². The van der Waals surface area contributed by atoms with Crippen molar-refractivity contribution in [3.05, 3.63) is 53.3 Å². The molecular formula is C21H27N5. The molecule has 2 atom stereocenters. The van der Waals surface area contributed by atoms with Crippen LogP contribution in [0.5, 0.6) is 0 Å². The highest BCUT2D eigenvalue weighted by Crippen LogP contribution is 2.41. The van der Waals surface area contributed by atoms with Gasteiger partial charge >= 0.3 is 0 Å². The van der Waals surface area contributed by atoms with E-state index in [0.29, 0.717) is 12.1 Å². The van der Waals surface area contributed by atoms with Gasteiger partial charge in [0.15, 0.2) is 0 Å². The summed E-state index contributed by atoms with van der Waals surface area (Å²) in [5.74, 6) is 0.937. The van der Waals surface area contributed by atoms with Crippen molar-refractivity contribution in [1.82, 2.24) is 19.8 Å². The van der Waals surface area contributed by atoms with Crippen LogP contribution in [0.25, 0.3) is 0 Å². The van der Waals surface area contributed by atoms with E-state index in [9.17, 15) is 0 Å². The third-order valence-electron chi connectivity index (χ3n) is 6.42. The van der Waals surface area contributed by atoms with E-state index in [1.807, 2.05) is 0 Å². The lowest BCUT2D eigenvalue weighted by Crippen LogP contribution is -2.46. The molecule has 0 aliphatic carbocycles. The van der Waals surface area contributed by atoms with E-state index in [1.165, 1.54) is 29.7 Å². The Hall–Kier alpha value is -1.98. The van der Waals surface area contributed by atoms with E-state index >= 15 is 0 Å². The van der Waals surface area contributed by atoms with Gasteiger partial charge in [0.05, 0.1) is 5.69 Å². The number of aromatic nitrogens is 2. The minimum Gasteiger partial charge on any atom is -0.338 e. The van der Waals surface area contributed by atoms with Gasteiger partial charge in [-0.25, -0.2) is 9.97 Å². The van der Waals surface area contributed by atoms with Gasteiger partial charge in [0, 0.05) is 63.0 Å². The maximum Gasteiger partial charge on any atom is 0.225 e. The van der Waals surface area contributed by atoms with Crippen LogP contribution in [0.15, 0.2) is 36.5 Å². The minimum absolute atomic E-state index is 0.542. The molecular weight excluding hydrogens is 322 g/mol. The summed E-state index contributed by atoms with van der Waals surface area (Å²) in [5, 5.41) is 0. The number of anilines is 1. The fraction of sp³-hybridized carbons (Fsp3) is 0.524. The Bertz CT molecular complexity index is 769. The lowest BCUT2D eigenvalue weighted by molar-refractivity contribution is 0.221. The number of likely N-dealkylation sites (N-methyl/N-ethyl adjacent to an activating group) is 1. The summed E-state index contributed by atoms with van der Waals surface area (Å²) >= 11 is 0. The van der Waals surface area contributed by atoms with Gasteiger partial charge in [0.1, 0.15) is 0 Å². The Balaban J connectivity index is 1.26. The molecule has 0 radical (unpaired) electrons. The number of fused-ring (bicyclic) bond motifs is 4. The van der Waals surface area contributed by atoms with Gasteiger partial charge in [-0.3, -0.25) is 9.80 Å². The molecule has 2 aromatic rings. The van der Waals surface area contributed by atoms with Gasteiger partial charge < -0.3 is 4.90 Å². The Morgan fingerprint density at radius 2 is 1.85 bits per heavy atom. The van der Waals surface area contributed by atoms with E-state index in [4.69, 9.17) is 9.97 Å². The van der Waals surface area contributed by atoms with Crippen molar-refractivity contribution < 1.29 is 0 Å². The lowest BCUT2D eigenvalue weighted by atomic mass is 10.0. The molecule has 26 heavy (non-hydrogen) atoms. The number of rotatable bonds is 3. The van der Waals surface area contributed by atoms with Crippen LogP contribution in [0.1, 0.15) is 35.7 Å². The average molecular weight is 349 g/mol. The molecule has 0 saturated carbocycles. The van der Waals surface area contributed by atoms with Gasteiger partial charge in [-0.15, -0.1) is 0 Å². The molecule has 3 aliphatic heterocycles. The molecule has 5 heteroatoms. The SMILES string of the molecule is CN1[C@@H]2CC[C@@H]1c1cnc(N3CCN(Cc4ccccc4)CC3)nc1C2. The van der Waals surface area contributed by atoms with Crippen molar-refractivity contribution in [2.45, 2.75) is 37.9 Å². The summed E-state index contributed by atoms with van der Waals surface area (Å²) < 4.78 is 0. The van der Waals surface area contributed by atoms with Gasteiger partial charge in [-0.2, -0.15) is 0 Å². The molecule has 3 aliphatic rings. The lowest BCUT2D eigenvalue weighted by Gasteiger charge is -2.36. The molecule has 0 spiro atoms. The third kappa shape index (κ3) is 2.89. The second-order valence-corrected chi connectivity index (χ2v) is 7.94. The highest BCUT2D eigenvalue weighted by Gasteiger charge is 2.38. The minimum atomic E-state index is 0.542. The van der Waals surface area contributed by atoms with Crippen molar-refractivity contribution in [2.75, 3.05) is 38.1 Å². The molecule has 2 saturated heterocycles. The van der Waals surface area contributed by atoms with Crippen molar-refractivity contribution >= 4 is 5.95 Å². The fourth-order valence-corrected chi connectivity index (χ4v) is 4.81.